The fraction of sp³-hybridized carbons (Fsp3) is 0.500. The summed E-state index contributed by atoms with van der Waals surface area (Å²) in [6.07, 6.45) is 2.14. The lowest BCUT2D eigenvalue weighted by atomic mass is 9.98. The summed E-state index contributed by atoms with van der Waals surface area (Å²) in [6, 6.07) is 5.55. The Balaban J connectivity index is 1.58. The molecule has 2 aliphatic heterocycles. The molecule has 4 rings (SSSR count). The predicted molar refractivity (Wildman–Crippen MR) is 135 cm³/mol. The van der Waals surface area contributed by atoms with Crippen LogP contribution in [0.2, 0.25) is 0 Å². The fourth-order valence-electron chi connectivity index (χ4n) is 5.00. The van der Waals surface area contributed by atoms with Crippen LogP contribution < -0.4 is 15.4 Å². The molecule has 0 saturated carbocycles. The van der Waals surface area contributed by atoms with Crippen LogP contribution in [0.4, 0.5) is 0 Å². The van der Waals surface area contributed by atoms with Crippen LogP contribution in [-0.2, 0) is 19.4 Å². The molecule has 1 aromatic carbocycles. The number of H-pyrrole nitrogens is 1. The number of hydrogen-bond donors (Lipinski definition) is 3. The van der Waals surface area contributed by atoms with Crippen molar-refractivity contribution in [3.8, 4) is 5.75 Å². The minimum atomic E-state index is -3.50. The Bertz CT molecular complexity index is 1290. The van der Waals surface area contributed by atoms with E-state index in [0.29, 0.717) is 36.0 Å². The quantitative estimate of drug-likeness (QED) is 0.413. The van der Waals surface area contributed by atoms with Crippen LogP contribution in [0.1, 0.15) is 29.8 Å². The lowest BCUT2D eigenvalue weighted by Crippen LogP contribution is -2.50. The number of likely N-dealkylation sites (tertiary alicyclic amines) is 1. The van der Waals surface area contributed by atoms with Crippen LogP contribution >= 0.6 is 0 Å². The maximum Gasteiger partial charge on any atom is 0.271 e. The summed E-state index contributed by atoms with van der Waals surface area (Å²) in [4.78, 5) is 47.2. The Labute approximate surface area is 209 Å². The molecule has 3 N–H and O–H groups in total. The van der Waals surface area contributed by atoms with Crippen molar-refractivity contribution in [1.29, 1.82) is 0 Å². The van der Waals surface area contributed by atoms with Crippen molar-refractivity contribution < 1.29 is 27.5 Å². The molecule has 2 fully saturated rings. The number of carbonyl (C=O) groups is 3. The van der Waals surface area contributed by atoms with Gasteiger partial charge < -0.3 is 25.3 Å². The number of nitrogens with one attached hydrogen (secondary N) is 3. The van der Waals surface area contributed by atoms with Gasteiger partial charge in [-0.15, -0.1) is 0 Å². The van der Waals surface area contributed by atoms with Crippen LogP contribution in [0.15, 0.2) is 29.3 Å². The molecule has 2 saturated heterocycles. The molecule has 3 amide bonds. The molecule has 36 heavy (non-hydrogen) atoms. The number of benzene rings is 1. The Morgan fingerprint density at radius 1 is 1.36 bits per heavy atom. The second-order valence-electron chi connectivity index (χ2n) is 9.39. The Morgan fingerprint density at radius 2 is 2.14 bits per heavy atom. The molecule has 194 valence electrons. The van der Waals surface area contributed by atoms with Crippen molar-refractivity contribution in [2.75, 3.05) is 33.0 Å². The van der Waals surface area contributed by atoms with E-state index in [2.05, 4.69) is 27.3 Å². The highest BCUT2D eigenvalue weighted by Crippen LogP contribution is 2.29. The molecule has 12 heteroatoms. The average Bonchev–Trinajstić information content (AvgIpc) is 3.56. The fourth-order valence-corrected chi connectivity index (χ4v) is 5.96. The van der Waals surface area contributed by atoms with Crippen molar-refractivity contribution in [3.63, 3.8) is 0 Å². The molecule has 0 spiro atoms. The summed E-state index contributed by atoms with van der Waals surface area (Å²) in [6.45, 7) is 4.19. The number of rotatable bonds is 9. The summed E-state index contributed by atoms with van der Waals surface area (Å²) >= 11 is 0. The average molecular weight is 518 g/mol. The lowest BCUT2D eigenvalue weighted by molar-refractivity contribution is -0.126. The number of methoxy groups -OCH3 is 1. The smallest absolute Gasteiger partial charge is 0.271 e. The standard InChI is InChI=1S/C24H31N5O6S/c1-25-12-15(9-14-7-8-26-22(14)30)27-23(31)20-10-16(36(3,33)34)13-29(20)24(32)19-11-17-18(28-19)5-4-6-21(17)35-2/h4-6,11,14-16,20,28H,1,7-10,12-13H2,2-3H3,(H,26,30)(H,27,31)/t14-,15-,16+,20-/m0/s1. The molecule has 4 atom stereocenters. The van der Waals surface area contributed by atoms with E-state index in [9.17, 15) is 22.8 Å². The van der Waals surface area contributed by atoms with Crippen molar-refractivity contribution in [2.45, 2.75) is 36.6 Å². The summed E-state index contributed by atoms with van der Waals surface area (Å²) in [5, 5.41) is 5.50. The number of aromatic nitrogens is 1. The zero-order chi connectivity index (χ0) is 26.0. The van der Waals surface area contributed by atoms with E-state index in [0.717, 1.165) is 6.26 Å². The minimum absolute atomic E-state index is 0.0158. The second-order valence-corrected chi connectivity index (χ2v) is 11.7. The minimum Gasteiger partial charge on any atom is -0.496 e. The monoisotopic (exact) mass is 517 g/mol. The molecule has 0 radical (unpaired) electrons. The van der Waals surface area contributed by atoms with E-state index >= 15 is 0 Å². The van der Waals surface area contributed by atoms with Gasteiger partial charge in [0, 0.05) is 42.2 Å². The summed E-state index contributed by atoms with van der Waals surface area (Å²) in [5.41, 5.74) is 0.915. The number of nitrogens with zero attached hydrogens (tertiary/aromatic N) is 2. The molecule has 1 aromatic heterocycles. The molecular weight excluding hydrogens is 486 g/mol. The summed E-state index contributed by atoms with van der Waals surface area (Å²) in [5.74, 6) is -0.683. The van der Waals surface area contributed by atoms with E-state index in [4.69, 9.17) is 4.74 Å². The molecule has 3 heterocycles. The van der Waals surface area contributed by atoms with Gasteiger partial charge in [-0.3, -0.25) is 19.4 Å². The molecular formula is C24H31N5O6S. The number of ether oxygens (including phenoxy) is 1. The molecule has 2 aliphatic rings. The number of aromatic amines is 1. The SMILES string of the molecule is C=NC[C@H](C[C@@H]1CCNC1=O)NC(=O)[C@@H]1C[C@@H](S(C)(=O)=O)CN1C(=O)c1cc2c(OC)cccc2[nH]1. The molecule has 2 aromatic rings. The zero-order valence-electron chi connectivity index (χ0n) is 20.3. The van der Waals surface area contributed by atoms with Gasteiger partial charge in [0.2, 0.25) is 11.8 Å². The van der Waals surface area contributed by atoms with E-state index < -0.39 is 39.0 Å². The van der Waals surface area contributed by atoms with Gasteiger partial charge in [0.1, 0.15) is 17.5 Å². The van der Waals surface area contributed by atoms with E-state index in [1.807, 2.05) is 0 Å². The van der Waals surface area contributed by atoms with E-state index in [-0.39, 0.29) is 37.0 Å². The van der Waals surface area contributed by atoms with Crippen molar-refractivity contribution in [3.05, 3.63) is 30.0 Å². The topological polar surface area (TPSA) is 150 Å². The number of sulfone groups is 1. The van der Waals surface area contributed by atoms with Gasteiger partial charge in [0.25, 0.3) is 5.91 Å². The van der Waals surface area contributed by atoms with Crippen molar-refractivity contribution >= 4 is 45.2 Å². The van der Waals surface area contributed by atoms with E-state index in [1.165, 1.54) is 12.0 Å². The first-order valence-corrected chi connectivity index (χ1v) is 13.7. The molecule has 11 nitrogen and oxygen atoms in total. The zero-order valence-corrected chi connectivity index (χ0v) is 21.1. The largest absolute Gasteiger partial charge is 0.496 e. The van der Waals surface area contributed by atoms with Gasteiger partial charge >= 0.3 is 0 Å². The van der Waals surface area contributed by atoms with Gasteiger partial charge in [-0.1, -0.05) is 6.07 Å². The van der Waals surface area contributed by atoms with Gasteiger partial charge in [0.05, 0.1) is 18.9 Å². The first-order valence-electron chi connectivity index (χ1n) is 11.8. The van der Waals surface area contributed by atoms with Gasteiger partial charge in [-0.2, -0.15) is 0 Å². The highest BCUT2D eigenvalue weighted by Gasteiger charge is 2.44. The van der Waals surface area contributed by atoms with Crippen LogP contribution in [0, 0.1) is 5.92 Å². The Kier molecular flexibility index (Phi) is 7.34. The third-order valence-corrected chi connectivity index (χ3v) is 8.49. The van der Waals surface area contributed by atoms with Crippen LogP contribution in [0.25, 0.3) is 10.9 Å². The highest BCUT2D eigenvalue weighted by atomic mass is 32.2. The summed E-state index contributed by atoms with van der Waals surface area (Å²) < 4.78 is 30.1. The first kappa shape index (κ1) is 25.7. The normalized spacial score (nSPS) is 22.9. The highest BCUT2D eigenvalue weighted by molar-refractivity contribution is 7.91. The van der Waals surface area contributed by atoms with Crippen LogP contribution in [-0.4, -0.2) is 93.1 Å². The van der Waals surface area contributed by atoms with Crippen molar-refractivity contribution in [2.24, 2.45) is 10.9 Å². The third-order valence-electron chi connectivity index (χ3n) is 6.93. The first-order chi connectivity index (χ1) is 17.1. The molecule has 0 aliphatic carbocycles. The van der Waals surface area contributed by atoms with Gasteiger partial charge in [-0.05, 0) is 44.2 Å². The number of amides is 3. The van der Waals surface area contributed by atoms with Gasteiger partial charge in [0.15, 0.2) is 9.84 Å². The maximum absolute atomic E-state index is 13.5. The van der Waals surface area contributed by atoms with Crippen LogP contribution in [0.5, 0.6) is 5.75 Å². The summed E-state index contributed by atoms with van der Waals surface area (Å²) in [7, 11) is -1.97. The van der Waals surface area contributed by atoms with E-state index in [1.54, 1.807) is 24.3 Å². The number of fused-ring (bicyclic) bond motifs is 1. The van der Waals surface area contributed by atoms with Gasteiger partial charge in [-0.25, -0.2) is 8.42 Å². The maximum atomic E-state index is 13.5. The Hall–Kier alpha value is -3.41. The molecule has 0 bridgehead atoms. The Morgan fingerprint density at radius 3 is 2.78 bits per heavy atom. The molecule has 0 unspecified atom stereocenters. The third kappa shape index (κ3) is 5.23. The lowest BCUT2D eigenvalue weighted by Gasteiger charge is -2.26. The van der Waals surface area contributed by atoms with Crippen LogP contribution in [0.3, 0.4) is 0 Å². The number of hydrogen-bond acceptors (Lipinski definition) is 7. The number of carbonyl (C=O) groups excluding carboxylic acids is 3. The number of aliphatic imine (C=N–C) groups is 1. The van der Waals surface area contributed by atoms with Crippen molar-refractivity contribution in [1.82, 2.24) is 20.5 Å². The second kappa shape index (κ2) is 10.3. The predicted octanol–water partition coefficient (Wildman–Crippen LogP) is 0.516.